The maximum Gasteiger partial charge on any atom is 0.341 e. The first-order valence-electron chi connectivity index (χ1n) is 9.81. The number of aromatic hydroxyl groups is 1. The smallest absolute Gasteiger partial charge is 0.341 e. The van der Waals surface area contributed by atoms with Crippen LogP contribution in [0.25, 0.3) is 0 Å². The number of nitrogens with zero attached hydrogens (tertiary/aromatic N) is 2. The number of aromatic nitrogens is 2. The second-order valence-electron chi connectivity index (χ2n) is 6.91. The number of esters is 1. The van der Waals surface area contributed by atoms with Crippen LogP contribution in [0.2, 0.25) is 0 Å². The molecule has 0 saturated carbocycles. The number of hydrogen-bond acceptors (Lipinski definition) is 8. The maximum absolute atomic E-state index is 12.6. The molecule has 3 rings (SSSR count). The van der Waals surface area contributed by atoms with Crippen molar-refractivity contribution in [3.63, 3.8) is 0 Å². The van der Waals surface area contributed by atoms with Gasteiger partial charge in [-0.2, -0.15) is 0 Å². The van der Waals surface area contributed by atoms with Crippen LogP contribution in [0.15, 0.2) is 9.79 Å². The minimum atomic E-state index is -0.536. The number of aromatic amines is 1. The Morgan fingerprint density at radius 3 is 2.77 bits per heavy atom. The molecule has 0 amide bonds. The van der Waals surface area contributed by atoms with Crippen LogP contribution in [0.4, 0.5) is 5.00 Å². The molecule has 2 heterocycles. The highest BCUT2D eigenvalue weighted by Crippen LogP contribution is 2.40. The Kier molecular flexibility index (Phi) is 7.22. The molecule has 162 valence electrons. The van der Waals surface area contributed by atoms with E-state index in [0.29, 0.717) is 22.9 Å². The molecule has 0 spiro atoms. The Balaban J connectivity index is 2.12. The quantitative estimate of drug-likeness (QED) is 0.379. The third-order valence-electron chi connectivity index (χ3n) is 4.95. The summed E-state index contributed by atoms with van der Waals surface area (Å²) in [5.41, 5.74) is 1.23. The van der Waals surface area contributed by atoms with E-state index < -0.39 is 11.5 Å². The fourth-order valence-corrected chi connectivity index (χ4v) is 5.10. The van der Waals surface area contributed by atoms with Crippen molar-refractivity contribution in [1.82, 2.24) is 9.55 Å². The monoisotopic (exact) mass is 451 g/mol. The van der Waals surface area contributed by atoms with Crippen LogP contribution in [0.1, 0.15) is 53.1 Å². The van der Waals surface area contributed by atoms with Gasteiger partial charge >= 0.3 is 5.97 Å². The topological polar surface area (TPSA) is 106 Å². The van der Waals surface area contributed by atoms with Crippen molar-refractivity contribution in [2.75, 3.05) is 20.3 Å². The van der Waals surface area contributed by atoms with Crippen molar-refractivity contribution in [3.05, 3.63) is 36.7 Å². The molecule has 0 fully saturated rings. The molecule has 2 N–H and O–H groups in total. The molecule has 30 heavy (non-hydrogen) atoms. The molecule has 0 bridgehead atoms. The molecule has 2 aromatic rings. The van der Waals surface area contributed by atoms with Crippen molar-refractivity contribution in [3.8, 4) is 5.88 Å². The lowest BCUT2D eigenvalue weighted by Crippen LogP contribution is -2.22. The highest BCUT2D eigenvalue weighted by molar-refractivity contribution is 7.71. The summed E-state index contributed by atoms with van der Waals surface area (Å²) in [4.78, 5) is 33.5. The van der Waals surface area contributed by atoms with Gasteiger partial charge in [-0.15, -0.1) is 11.3 Å². The van der Waals surface area contributed by atoms with Gasteiger partial charge in [0.1, 0.15) is 10.6 Å². The molecule has 0 aromatic carbocycles. The van der Waals surface area contributed by atoms with Gasteiger partial charge in [-0.1, -0.05) is 0 Å². The van der Waals surface area contributed by atoms with Crippen molar-refractivity contribution >= 4 is 40.2 Å². The van der Waals surface area contributed by atoms with Gasteiger partial charge in [-0.05, 0) is 57.3 Å². The van der Waals surface area contributed by atoms with E-state index in [9.17, 15) is 14.7 Å². The number of carbonyl (C=O) groups excluding carboxylic acids is 1. The van der Waals surface area contributed by atoms with Crippen molar-refractivity contribution in [2.24, 2.45) is 4.99 Å². The van der Waals surface area contributed by atoms with E-state index >= 15 is 0 Å². The Hall–Kier alpha value is -2.30. The minimum absolute atomic E-state index is 0.0147. The van der Waals surface area contributed by atoms with Gasteiger partial charge in [0.05, 0.1) is 31.0 Å². The van der Waals surface area contributed by atoms with Crippen LogP contribution in [-0.4, -0.2) is 46.7 Å². The first-order chi connectivity index (χ1) is 14.4. The number of aryl methyl sites for hydroxylation is 1. The molecule has 10 heteroatoms. The van der Waals surface area contributed by atoms with Crippen molar-refractivity contribution in [1.29, 1.82) is 0 Å². The number of thiophene rings is 1. The van der Waals surface area contributed by atoms with E-state index in [1.54, 1.807) is 13.8 Å². The Morgan fingerprint density at radius 2 is 2.07 bits per heavy atom. The molecule has 1 aliphatic rings. The zero-order valence-electron chi connectivity index (χ0n) is 17.2. The van der Waals surface area contributed by atoms with Gasteiger partial charge < -0.3 is 14.6 Å². The predicted molar refractivity (Wildman–Crippen MR) is 118 cm³/mol. The average Bonchev–Trinajstić information content (AvgIpc) is 3.05. The first-order valence-corrected chi connectivity index (χ1v) is 11.0. The molecule has 1 aliphatic carbocycles. The Bertz CT molecular complexity index is 1100. The van der Waals surface area contributed by atoms with Gasteiger partial charge in [-0.3, -0.25) is 14.3 Å². The SMILES string of the molecule is CCOC(=O)c1c(N=C(C)c2c(O)n(CCOC)c(=S)[nH]c2=O)sc2c1CCCC2. The number of hydrogen-bond donors (Lipinski definition) is 2. The summed E-state index contributed by atoms with van der Waals surface area (Å²) < 4.78 is 11.8. The number of aliphatic imine (C=N–C) groups is 1. The number of ether oxygens (including phenoxy) is 2. The zero-order chi connectivity index (χ0) is 21.8. The summed E-state index contributed by atoms with van der Waals surface area (Å²) in [6.45, 7) is 4.25. The summed E-state index contributed by atoms with van der Waals surface area (Å²) in [5, 5.41) is 11.2. The lowest BCUT2D eigenvalue weighted by molar-refractivity contribution is 0.0526. The fraction of sp³-hybridized carbons (Fsp3) is 0.500. The standard InChI is InChI=1S/C20H25N3O5S2/c1-4-28-19(26)15-12-7-5-6-8-13(12)30-17(15)21-11(2)14-16(24)22-20(29)23(18(14)25)9-10-27-3/h25H,4-10H2,1-3H3,(H,22,24,29). The largest absolute Gasteiger partial charge is 0.494 e. The maximum atomic E-state index is 12.6. The summed E-state index contributed by atoms with van der Waals surface area (Å²) in [6, 6.07) is 0. The van der Waals surface area contributed by atoms with Gasteiger partial charge in [0.2, 0.25) is 5.88 Å². The molecule has 0 saturated heterocycles. The average molecular weight is 452 g/mol. The summed E-state index contributed by atoms with van der Waals surface area (Å²) in [6.07, 6.45) is 3.78. The first kappa shape index (κ1) is 22.4. The van der Waals surface area contributed by atoms with Crippen LogP contribution >= 0.6 is 23.6 Å². The van der Waals surface area contributed by atoms with Crippen LogP contribution < -0.4 is 5.56 Å². The third kappa shape index (κ3) is 4.40. The highest BCUT2D eigenvalue weighted by Gasteiger charge is 2.27. The summed E-state index contributed by atoms with van der Waals surface area (Å²) in [7, 11) is 1.54. The second-order valence-corrected chi connectivity index (χ2v) is 8.38. The number of carbonyl (C=O) groups is 1. The van der Waals surface area contributed by atoms with E-state index in [0.717, 1.165) is 36.1 Å². The zero-order valence-corrected chi connectivity index (χ0v) is 18.9. The third-order valence-corrected chi connectivity index (χ3v) is 6.46. The number of rotatable bonds is 7. The van der Waals surface area contributed by atoms with E-state index in [-0.39, 0.29) is 29.4 Å². The number of H-pyrrole nitrogens is 1. The molecule has 0 atom stereocenters. The van der Waals surface area contributed by atoms with E-state index in [1.807, 2.05) is 0 Å². The summed E-state index contributed by atoms with van der Waals surface area (Å²) in [5.74, 6) is -0.682. The molecule has 8 nitrogen and oxygen atoms in total. The van der Waals surface area contributed by atoms with Gasteiger partial charge in [0.15, 0.2) is 4.77 Å². The van der Waals surface area contributed by atoms with E-state index in [2.05, 4.69) is 9.98 Å². The van der Waals surface area contributed by atoms with E-state index in [4.69, 9.17) is 21.7 Å². The van der Waals surface area contributed by atoms with Gasteiger partial charge in [0, 0.05) is 12.0 Å². The van der Waals surface area contributed by atoms with Crippen LogP contribution in [0.3, 0.4) is 0 Å². The highest BCUT2D eigenvalue weighted by atomic mass is 32.1. The van der Waals surface area contributed by atoms with Crippen LogP contribution in [0.5, 0.6) is 5.88 Å². The van der Waals surface area contributed by atoms with Crippen molar-refractivity contribution in [2.45, 2.75) is 46.1 Å². The summed E-state index contributed by atoms with van der Waals surface area (Å²) >= 11 is 6.59. The van der Waals surface area contributed by atoms with Gasteiger partial charge in [-0.25, -0.2) is 9.79 Å². The minimum Gasteiger partial charge on any atom is -0.494 e. The van der Waals surface area contributed by atoms with E-state index in [1.165, 1.54) is 23.0 Å². The molecule has 0 radical (unpaired) electrons. The number of methoxy groups -OCH3 is 1. The number of nitrogens with one attached hydrogen (secondary N) is 1. The lowest BCUT2D eigenvalue weighted by atomic mass is 9.95. The second kappa shape index (κ2) is 9.67. The number of fused-ring (bicyclic) bond motifs is 1. The lowest BCUT2D eigenvalue weighted by Gasteiger charge is -2.12. The Labute approximate surface area is 183 Å². The van der Waals surface area contributed by atoms with Gasteiger partial charge in [0.25, 0.3) is 5.56 Å². The van der Waals surface area contributed by atoms with Crippen LogP contribution in [-0.2, 0) is 28.9 Å². The Morgan fingerprint density at radius 1 is 1.33 bits per heavy atom. The molecular formula is C20H25N3O5S2. The van der Waals surface area contributed by atoms with Crippen LogP contribution in [0, 0.1) is 4.77 Å². The van der Waals surface area contributed by atoms with Crippen molar-refractivity contribution < 1.29 is 19.4 Å². The fourth-order valence-electron chi connectivity index (χ4n) is 3.53. The molecule has 0 unspecified atom stereocenters. The normalized spacial score (nSPS) is 13.9. The molecular weight excluding hydrogens is 426 g/mol. The molecule has 0 aliphatic heterocycles. The molecule has 2 aromatic heterocycles. The predicted octanol–water partition coefficient (Wildman–Crippen LogP) is 3.52.